The molecule has 0 aliphatic carbocycles. The smallest absolute Gasteiger partial charge is 0.277 e. The largest absolute Gasteiger partial charge is 0.485 e. The summed E-state index contributed by atoms with van der Waals surface area (Å²) in [6.45, 7) is 0.916. The van der Waals surface area contributed by atoms with Gasteiger partial charge in [0.05, 0.1) is 32.6 Å². The number of pyridine rings is 2. The fourth-order valence-electron chi connectivity index (χ4n) is 4.12. The molecule has 2 aliphatic rings. The van der Waals surface area contributed by atoms with Crippen molar-refractivity contribution in [1.82, 2.24) is 19.5 Å². The van der Waals surface area contributed by atoms with E-state index in [1.165, 1.54) is 16.8 Å². The van der Waals surface area contributed by atoms with Crippen LogP contribution in [-0.4, -0.2) is 43.5 Å². The Morgan fingerprint density at radius 3 is 2.92 bits per heavy atom. The summed E-state index contributed by atoms with van der Waals surface area (Å²) in [5, 5.41) is 9.88. The predicted octanol–water partition coefficient (Wildman–Crippen LogP) is 3.65. The maximum atomic E-state index is 14.3. The van der Waals surface area contributed by atoms with Crippen molar-refractivity contribution in [1.29, 1.82) is 0 Å². The third-order valence-electron chi connectivity index (χ3n) is 6.03. The number of hydrogen-bond donors (Lipinski definition) is 1. The molecule has 0 spiro atoms. The van der Waals surface area contributed by atoms with Crippen LogP contribution in [-0.2, 0) is 23.5 Å². The van der Waals surface area contributed by atoms with Gasteiger partial charge in [-0.15, -0.1) is 0 Å². The summed E-state index contributed by atoms with van der Waals surface area (Å²) in [6, 6.07) is 3.47. The van der Waals surface area contributed by atoms with Gasteiger partial charge in [-0.25, -0.2) is 18.7 Å². The summed E-state index contributed by atoms with van der Waals surface area (Å²) >= 11 is 6.39. The maximum Gasteiger partial charge on any atom is 0.277 e. The fraction of sp³-hybridized carbons (Fsp3) is 0.346. The van der Waals surface area contributed by atoms with E-state index in [-0.39, 0.29) is 24.1 Å². The van der Waals surface area contributed by atoms with Crippen LogP contribution in [0.4, 0.5) is 8.78 Å². The monoisotopic (exact) mass is 545 g/mol. The first-order valence-electron chi connectivity index (χ1n) is 12.7. The van der Waals surface area contributed by atoms with Gasteiger partial charge < -0.3 is 14.6 Å². The van der Waals surface area contributed by atoms with E-state index in [0.29, 0.717) is 54.6 Å². The molecular formula is C26H24ClF2N5O4. The first-order chi connectivity index (χ1) is 18.8. The molecule has 9 nitrogen and oxygen atoms in total. The fourth-order valence-corrected chi connectivity index (χ4v) is 4.29. The van der Waals surface area contributed by atoms with Gasteiger partial charge in [0.15, 0.2) is 11.6 Å². The zero-order valence-corrected chi connectivity index (χ0v) is 21.2. The molecular weight excluding hydrogens is 520 g/mol. The van der Waals surface area contributed by atoms with Crippen LogP contribution in [0.15, 0.2) is 46.5 Å². The topological polar surface area (TPSA) is 112 Å². The number of fused-ring (bicyclic) bond motifs is 3. The van der Waals surface area contributed by atoms with E-state index in [9.17, 15) is 18.7 Å². The zero-order valence-electron chi connectivity index (χ0n) is 22.4. The van der Waals surface area contributed by atoms with Crippen LogP contribution in [0.3, 0.4) is 0 Å². The standard InChI is InChI=1S/C26H24ClF2N5O4/c1-26(2,36)25-30-5-3-18(33-25)19-9-21-14(10-31-19)4-6-37-12-16-8-22(23(27)24(35)34(16)21)38-13-20-17(29)7-15(28)11-32-20/h3,5,7-9,11,14,36H,4,6,10,12-13H2,1-2H3/t14-/m0/s1/i13D2. The van der Waals surface area contributed by atoms with Crippen LogP contribution in [0.2, 0.25) is 5.02 Å². The molecule has 38 heavy (non-hydrogen) atoms. The highest BCUT2D eigenvalue weighted by molar-refractivity contribution is 6.31. The number of allylic oxidation sites excluding steroid dienone is 1. The van der Waals surface area contributed by atoms with Crippen LogP contribution in [0.1, 0.15) is 45.9 Å². The Balaban J connectivity index is 1.57. The van der Waals surface area contributed by atoms with Crippen molar-refractivity contribution in [2.24, 2.45) is 10.9 Å². The number of dihydropyridines is 1. The van der Waals surface area contributed by atoms with Gasteiger partial charge in [-0.1, -0.05) is 11.6 Å². The quantitative estimate of drug-likeness (QED) is 0.521. The lowest BCUT2D eigenvalue weighted by Crippen LogP contribution is -2.33. The summed E-state index contributed by atoms with van der Waals surface area (Å²) in [6.07, 6.45) is 4.46. The summed E-state index contributed by atoms with van der Waals surface area (Å²) in [7, 11) is 0. The Labute approximate surface area is 224 Å². The summed E-state index contributed by atoms with van der Waals surface area (Å²) in [5.41, 5.74) is -0.963. The highest BCUT2D eigenvalue weighted by Crippen LogP contribution is 2.32. The number of hydrogen-bond acceptors (Lipinski definition) is 8. The predicted molar refractivity (Wildman–Crippen MR) is 135 cm³/mol. The van der Waals surface area contributed by atoms with Crippen LogP contribution >= 0.6 is 11.6 Å². The number of halogens is 3. The number of nitrogens with zero attached hydrogens (tertiary/aromatic N) is 5. The normalized spacial score (nSPS) is 18.6. The van der Waals surface area contributed by atoms with Gasteiger partial charge in [-0.3, -0.25) is 19.3 Å². The third kappa shape index (κ3) is 5.22. The Morgan fingerprint density at radius 2 is 2.16 bits per heavy atom. The Morgan fingerprint density at radius 1 is 1.34 bits per heavy atom. The molecule has 0 aromatic carbocycles. The lowest BCUT2D eigenvalue weighted by atomic mass is 9.95. The average molecular weight is 546 g/mol. The van der Waals surface area contributed by atoms with Crippen LogP contribution < -0.4 is 10.3 Å². The number of ether oxygens (including phenoxy) is 2. The Bertz CT molecular complexity index is 1610. The molecule has 3 aromatic heterocycles. The molecule has 0 unspecified atom stereocenters. The van der Waals surface area contributed by atoms with E-state index in [0.717, 1.165) is 0 Å². The molecule has 2 aliphatic heterocycles. The second-order valence-electron chi connectivity index (χ2n) is 9.30. The molecule has 1 N–H and O–H groups in total. The molecule has 0 saturated carbocycles. The minimum absolute atomic E-state index is 0.0260. The minimum atomic E-state index is -2.88. The summed E-state index contributed by atoms with van der Waals surface area (Å²) < 4.78 is 56.4. The average Bonchev–Trinajstić information content (AvgIpc) is 2.87. The van der Waals surface area contributed by atoms with E-state index in [2.05, 4.69) is 19.9 Å². The molecule has 5 heterocycles. The van der Waals surface area contributed by atoms with Crippen LogP contribution in [0.5, 0.6) is 5.75 Å². The molecule has 12 heteroatoms. The van der Waals surface area contributed by atoms with Crippen molar-refractivity contribution in [2.45, 2.75) is 39.0 Å². The number of rotatable bonds is 5. The van der Waals surface area contributed by atoms with Gasteiger partial charge in [0.25, 0.3) is 5.56 Å². The van der Waals surface area contributed by atoms with Gasteiger partial charge in [-0.05, 0) is 32.4 Å². The third-order valence-corrected chi connectivity index (χ3v) is 6.37. The van der Waals surface area contributed by atoms with Gasteiger partial charge >= 0.3 is 0 Å². The molecule has 0 saturated heterocycles. The second-order valence-corrected chi connectivity index (χ2v) is 9.68. The first-order valence-corrected chi connectivity index (χ1v) is 12.1. The van der Waals surface area contributed by atoms with Gasteiger partial charge in [0.1, 0.15) is 34.4 Å². The molecule has 0 amide bonds. The van der Waals surface area contributed by atoms with Crippen LogP contribution in [0.25, 0.3) is 5.70 Å². The summed E-state index contributed by atoms with van der Waals surface area (Å²) in [5.74, 6) is -2.59. The van der Waals surface area contributed by atoms with E-state index in [1.54, 1.807) is 26.0 Å². The highest BCUT2D eigenvalue weighted by atomic mass is 35.5. The van der Waals surface area contributed by atoms with Crippen LogP contribution in [0, 0.1) is 17.6 Å². The lowest BCUT2D eigenvalue weighted by Gasteiger charge is -2.29. The Hall–Kier alpha value is -3.54. The molecule has 198 valence electrons. The van der Waals surface area contributed by atoms with Crippen molar-refractivity contribution in [3.8, 4) is 5.75 Å². The van der Waals surface area contributed by atoms with Gasteiger partial charge in [-0.2, -0.15) is 0 Å². The number of aliphatic hydroxyl groups is 1. The minimum Gasteiger partial charge on any atom is -0.485 e. The van der Waals surface area contributed by atoms with Crippen molar-refractivity contribution in [2.75, 3.05) is 13.2 Å². The number of aliphatic imine (C=N–C) groups is 1. The first kappa shape index (κ1) is 23.6. The zero-order chi connectivity index (χ0) is 28.8. The number of aromatic nitrogens is 4. The SMILES string of the molecule is [2H]C([2H])(Oc1cc2n(c(=O)c1Cl)C1=CC(c3ccnc(C(C)(C)O)n3)=NC[C@@H]1CCOC2)c1ncc(F)cc1F. The van der Waals surface area contributed by atoms with Crippen molar-refractivity contribution >= 4 is 23.0 Å². The van der Waals surface area contributed by atoms with Crippen molar-refractivity contribution < 1.29 is 26.1 Å². The van der Waals surface area contributed by atoms with Crippen molar-refractivity contribution in [3.63, 3.8) is 0 Å². The van der Waals surface area contributed by atoms with E-state index >= 15 is 0 Å². The van der Waals surface area contributed by atoms with Gasteiger partial charge in [0.2, 0.25) is 0 Å². The second kappa shape index (κ2) is 10.3. The van der Waals surface area contributed by atoms with E-state index < -0.39 is 40.1 Å². The summed E-state index contributed by atoms with van der Waals surface area (Å²) in [4.78, 5) is 30.3. The van der Waals surface area contributed by atoms with Gasteiger partial charge in [0, 0.05) is 43.1 Å². The molecule has 3 aromatic rings. The highest BCUT2D eigenvalue weighted by Gasteiger charge is 2.29. The molecule has 0 bridgehead atoms. The molecule has 1 atom stereocenters. The maximum absolute atomic E-state index is 14.3. The van der Waals surface area contributed by atoms with Crippen molar-refractivity contribution in [3.05, 3.63) is 86.6 Å². The Kier molecular flexibility index (Phi) is 6.40. The molecule has 5 rings (SSSR count). The van der Waals surface area contributed by atoms with E-state index in [1.807, 2.05) is 0 Å². The van der Waals surface area contributed by atoms with E-state index in [4.69, 9.17) is 23.8 Å². The molecule has 0 radical (unpaired) electrons. The lowest BCUT2D eigenvalue weighted by molar-refractivity contribution is 0.0686. The molecule has 0 fully saturated rings.